The van der Waals surface area contributed by atoms with Crippen LogP contribution in [0.5, 0.6) is 0 Å². The van der Waals surface area contributed by atoms with Crippen molar-refractivity contribution < 1.29 is 8.83 Å². The first-order chi connectivity index (χ1) is 24.8. The molecule has 0 atom stereocenters. The summed E-state index contributed by atoms with van der Waals surface area (Å²) in [4.78, 5) is 14.9. The molecule has 0 radical (unpaired) electrons. The van der Waals surface area contributed by atoms with Crippen LogP contribution in [0.4, 0.5) is 0 Å². The van der Waals surface area contributed by atoms with E-state index in [2.05, 4.69) is 72.8 Å². The number of furan rings is 2. The first-order valence-electron chi connectivity index (χ1n) is 16.6. The smallest absolute Gasteiger partial charge is 0.164 e. The number of fused-ring (bicyclic) bond motifs is 6. The highest BCUT2D eigenvalue weighted by Gasteiger charge is 2.19. The molecule has 5 heteroatoms. The zero-order valence-corrected chi connectivity index (χ0v) is 26.7. The summed E-state index contributed by atoms with van der Waals surface area (Å²) >= 11 is 0. The molecule has 7 aromatic carbocycles. The summed E-state index contributed by atoms with van der Waals surface area (Å²) in [5.74, 6) is 1.84. The molecule has 3 heterocycles. The van der Waals surface area contributed by atoms with Crippen molar-refractivity contribution in [3.8, 4) is 56.4 Å². The third kappa shape index (κ3) is 4.67. The third-order valence-electron chi connectivity index (χ3n) is 9.33. The maximum atomic E-state index is 6.57. The first-order valence-corrected chi connectivity index (χ1v) is 16.6. The molecule has 0 aliphatic carbocycles. The topological polar surface area (TPSA) is 65.0 Å². The Labute approximate surface area is 287 Å². The molecule has 0 aliphatic rings. The van der Waals surface area contributed by atoms with Gasteiger partial charge in [-0.3, -0.25) is 0 Å². The van der Waals surface area contributed by atoms with Crippen molar-refractivity contribution in [2.75, 3.05) is 0 Å². The van der Waals surface area contributed by atoms with E-state index in [1.54, 1.807) is 0 Å². The van der Waals surface area contributed by atoms with Crippen LogP contribution in [-0.2, 0) is 0 Å². The fourth-order valence-electron chi connectivity index (χ4n) is 6.95. The second-order valence-corrected chi connectivity index (χ2v) is 12.4. The highest BCUT2D eigenvalue weighted by Crippen LogP contribution is 2.42. The Morgan fingerprint density at radius 1 is 0.320 bits per heavy atom. The molecule has 3 aromatic heterocycles. The quantitative estimate of drug-likeness (QED) is 0.187. The second-order valence-electron chi connectivity index (χ2n) is 12.4. The van der Waals surface area contributed by atoms with E-state index in [1.165, 1.54) is 0 Å². The third-order valence-corrected chi connectivity index (χ3v) is 9.33. The lowest BCUT2D eigenvalue weighted by Crippen LogP contribution is -2.00. The molecule has 234 valence electrons. The Bertz CT molecular complexity index is 2800. The van der Waals surface area contributed by atoms with Gasteiger partial charge in [0, 0.05) is 43.8 Å². The minimum Gasteiger partial charge on any atom is -0.456 e. The molecule has 5 nitrogen and oxygen atoms in total. The molecule has 0 saturated heterocycles. The highest BCUT2D eigenvalue weighted by atomic mass is 16.3. The van der Waals surface area contributed by atoms with Gasteiger partial charge in [-0.1, -0.05) is 127 Å². The van der Waals surface area contributed by atoms with E-state index in [-0.39, 0.29) is 0 Å². The van der Waals surface area contributed by atoms with Crippen molar-refractivity contribution in [3.63, 3.8) is 0 Å². The lowest BCUT2D eigenvalue weighted by atomic mass is 9.95. The summed E-state index contributed by atoms with van der Waals surface area (Å²) in [6.07, 6.45) is 0. The van der Waals surface area contributed by atoms with Gasteiger partial charge in [0.1, 0.15) is 22.3 Å². The number of aromatic nitrogens is 3. The van der Waals surface area contributed by atoms with Crippen LogP contribution in [0.1, 0.15) is 0 Å². The van der Waals surface area contributed by atoms with Crippen molar-refractivity contribution >= 4 is 43.9 Å². The van der Waals surface area contributed by atoms with Crippen molar-refractivity contribution in [2.24, 2.45) is 0 Å². The van der Waals surface area contributed by atoms with Crippen LogP contribution in [0.15, 0.2) is 173 Å². The number of rotatable bonds is 5. The van der Waals surface area contributed by atoms with Crippen LogP contribution in [-0.4, -0.2) is 15.0 Å². The molecule has 0 N–H and O–H groups in total. The Balaban J connectivity index is 1.16. The average molecular weight is 642 g/mol. The van der Waals surface area contributed by atoms with Gasteiger partial charge in [-0.05, 0) is 53.1 Å². The summed E-state index contributed by atoms with van der Waals surface area (Å²) in [6, 6.07) is 55.7. The monoisotopic (exact) mass is 641 g/mol. The minimum atomic E-state index is 0.597. The zero-order chi connectivity index (χ0) is 33.0. The molecule has 10 aromatic rings. The van der Waals surface area contributed by atoms with Gasteiger partial charge in [0.15, 0.2) is 17.5 Å². The maximum Gasteiger partial charge on any atom is 0.164 e. The molecule has 0 aliphatic heterocycles. The number of benzene rings is 7. The van der Waals surface area contributed by atoms with E-state index >= 15 is 0 Å². The van der Waals surface area contributed by atoms with Crippen LogP contribution in [0, 0.1) is 0 Å². The van der Waals surface area contributed by atoms with Crippen molar-refractivity contribution in [3.05, 3.63) is 164 Å². The second kappa shape index (κ2) is 11.4. The summed E-state index contributed by atoms with van der Waals surface area (Å²) in [5.41, 5.74) is 10.4. The van der Waals surface area contributed by atoms with Gasteiger partial charge in [0.2, 0.25) is 0 Å². The highest BCUT2D eigenvalue weighted by molar-refractivity contribution is 6.14. The van der Waals surface area contributed by atoms with Crippen molar-refractivity contribution in [1.82, 2.24) is 15.0 Å². The molecule has 0 amide bonds. The van der Waals surface area contributed by atoms with E-state index in [4.69, 9.17) is 23.8 Å². The summed E-state index contributed by atoms with van der Waals surface area (Å²) in [5, 5.41) is 4.15. The molecular formula is C45H27N3O2. The van der Waals surface area contributed by atoms with Gasteiger partial charge in [0.05, 0.1) is 0 Å². The number of hydrogen-bond donors (Lipinski definition) is 0. The zero-order valence-electron chi connectivity index (χ0n) is 26.7. The lowest BCUT2D eigenvalue weighted by Gasteiger charge is -2.09. The van der Waals surface area contributed by atoms with E-state index in [9.17, 15) is 0 Å². The average Bonchev–Trinajstić information content (AvgIpc) is 3.76. The largest absolute Gasteiger partial charge is 0.456 e. The molecular weight excluding hydrogens is 615 g/mol. The van der Waals surface area contributed by atoms with E-state index in [0.717, 1.165) is 82.8 Å². The fourth-order valence-corrected chi connectivity index (χ4v) is 6.95. The summed E-state index contributed by atoms with van der Waals surface area (Å²) in [7, 11) is 0. The van der Waals surface area contributed by atoms with Crippen LogP contribution in [0.3, 0.4) is 0 Å². The van der Waals surface area contributed by atoms with Crippen molar-refractivity contribution in [1.29, 1.82) is 0 Å². The number of para-hydroxylation sites is 1. The SMILES string of the molecule is c1ccc(-c2nc(-c3ccccc3)nc(-c3cccc4oc5cc(-c6cc(-c7ccccc7)c7oc8ccccc8c7c6)ccc5c34)n2)cc1. The molecule has 0 fully saturated rings. The van der Waals surface area contributed by atoms with Gasteiger partial charge in [-0.15, -0.1) is 0 Å². The normalized spacial score (nSPS) is 11.6. The predicted octanol–water partition coefficient (Wildman–Crippen LogP) is 12.0. The van der Waals surface area contributed by atoms with Gasteiger partial charge < -0.3 is 8.83 Å². The van der Waals surface area contributed by atoms with Crippen LogP contribution in [0.2, 0.25) is 0 Å². The number of hydrogen-bond acceptors (Lipinski definition) is 5. The van der Waals surface area contributed by atoms with Crippen LogP contribution in [0.25, 0.3) is 100 Å². The standard InChI is InChI=1S/C45H27N3O2/c1-4-13-28(14-5-1)36-25-32(26-37-33-19-10-11-21-38(33)50-42(36)37)31-23-24-34-40(27-31)49-39-22-12-20-35(41(34)39)45-47-43(29-15-6-2-7-16-29)46-44(48-45)30-17-8-3-9-18-30/h1-27H. The van der Waals surface area contributed by atoms with E-state index in [0.29, 0.717) is 17.5 Å². The molecule has 10 rings (SSSR count). The van der Waals surface area contributed by atoms with Gasteiger partial charge in [-0.2, -0.15) is 0 Å². The molecule has 50 heavy (non-hydrogen) atoms. The molecule has 0 bridgehead atoms. The Morgan fingerprint density at radius 3 is 1.66 bits per heavy atom. The van der Waals surface area contributed by atoms with Gasteiger partial charge in [0.25, 0.3) is 0 Å². The Morgan fingerprint density at radius 2 is 0.940 bits per heavy atom. The van der Waals surface area contributed by atoms with E-state index in [1.807, 2.05) is 91.0 Å². The maximum absolute atomic E-state index is 6.57. The molecule has 0 spiro atoms. The first kappa shape index (κ1) is 28.2. The van der Waals surface area contributed by atoms with Crippen LogP contribution >= 0.6 is 0 Å². The molecule has 0 unspecified atom stereocenters. The summed E-state index contributed by atoms with van der Waals surface area (Å²) < 4.78 is 13.0. The minimum absolute atomic E-state index is 0.597. The summed E-state index contributed by atoms with van der Waals surface area (Å²) in [6.45, 7) is 0. The van der Waals surface area contributed by atoms with Gasteiger partial charge >= 0.3 is 0 Å². The lowest BCUT2D eigenvalue weighted by molar-refractivity contribution is 0.669. The predicted molar refractivity (Wildman–Crippen MR) is 202 cm³/mol. The Hall–Kier alpha value is -6.85. The number of nitrogens with zero attached hydrogens (tertiary/aromatic N) is 3. The van der Waals surface area contributed by atoms with Crippen LogP contribution < -0.4 is 0 Å². The molecule has 0 saturated carbocycles. The van der Waals surface area contributed by atoms with E-state index < -0.39 is 0 Å². The van der Waals surface area contributed by atoms with Gasteiger partial charge in [-0.25, -0.2) is 15.0 Å². The Kier molecular flexibility index (Phi) is 6.42. The van der Waals surface area contributed by atoms with Crippen molar-refractivity contribution in [2.45, 2.75) is 0 Å². The fraction of sp³-hybridized carbons (Fsp3) is 0.